The van der Waals surface area contributed by atoms with Crippen molar-refractivity contribution in [2.75, 3.05) is 26.3 Å². The Labute approximate surface area is 138 Å². The van der Waals surface area contributed by atoms with E-state index in [4.69, 9.17) is 4.74 Å². The van der Waals surface area contributed by atoms with Crippen molar-refractivity contribution in [2.45, 2.75) is 31.5 Å². The van der Waals surface area contributed by atoms with Gasteiger partial charge in [0, 0.05) is 24.9 Å². The number of rotatable bonds is 3. The molecular weight excluding hydrogens is 323 g/mol. The number of hydrogen-bond acceptors (Lipinski definition) is 3. The molecule has 1 spiro atoms. The molecule has 1 aromatic carbocycles. The summed E-state index contributed by atoms with van der Waals surface area (Å²) in [7, 11) is 0. The monoisotopic (exact) mass is 343 g/mol. The van der Waals surface area contributed by atoms with Crippen LogP contribution in [0.2, 0.25) is 0 Å². The molecule has 1 N–H and O–H groups in total. The van der Waals surface area contributed by atoms with Gasteiger partial charge < -0.3 is 14.7 Å². The first-order valence-electron chi connectivity index (χ1n) is 8.00. The van der Waals surface area contributed by atoms with Gasteiger partial charge in [0.1, 0.15) is 6.10 Å². The van der Waals surface area contributed by atoms with Crippen molar-refractivity contribution >= 4 is 5.91 Å². The number of hydrogen-bond donors (Lipinski definition) is 1. The van der Waals surface area contributed by atoms with Crippen LogP contribution in [0.15, 0.2) is 24.3 Å². The lowest BCUT2D eigenvalue weighted by Crippen LogP contribution is -2.53. The summed E-state index contributed by atoms with van der Waals surface area (Å²) < 4.78 is 43.4. The number of aliphatic hydroxyl groups excluding tert-OH is 1. The fourth-order valence-corrected chi connectivity index (χ4v) is 3.28. The highest BCUT2D eigenvalue weighted by Crippen LogP contribution is 2.38. The highest BCUT2D eigenvalue weighted by Gasteiger charge is 2.42. The average Bonchev–Trinajstić information content (AvgIpc) is 2.52. The Morgan fingerprint density at radius 3 is 2.50 bits per heavy atom. The molecule has 2 saturated heterocycles. The molecule has 24 heavy (non-hydrogen) atoms. The Hall–Kier alpha value is -1.60. The van der Waals surface area contributed by atoms with Gasteiger partial charge in [0.25, 0.3) is 5.91 Å². The molecule has 0 radical (unpaired) electrons. The second-order valence-corrected chi connectivity index (χ2v) is 6.74. The zero-order valence-electron chi connectivity index (χ0n) is 13.2. The zero-order valence-corrected chi connectivity index (χ0v) is 13.2. The molecule has 1 amide bonds. The predicted molar refractivity (Wildman–Crippen MR) is 80.2 cm³/mol. The van der Waals surface area contributed by atoms with Gasteiger partial charge in [-0.25, -0.2) is 0 Å². The Balaban J connectivity index is 1.58. The highest BCUT2D eigenvalue weighted by molar-refractivity contribution is 5.81. The highest BCUT2D eigenvalue weighted by atomic mass is 19.4. The smallest absolute Gasteiger partial charge is 0.383 e. The van der Waals surface area contributed by atoms with E-state index in [1.54, 1.807) is 4.90 Å². The third kappa shape index (κ3) is 3.57. The van der Waals surface area contributed by atoms with Crippen molar-refractivity contribution < 1.29 is 27.8 Å². The number of benzene rings is 1. The van der Waals surface area contributed by atoms with E-state index in [0.717, 1.165) is 38.2 Å². The van der Waals surface area contributed by atoms with Gasteiger partial charge in [-0.05, 0) is 24.5 Å². The van der Waals surface area contributed by atoms with Crippen molar-refractivity contribution in [3.63, 3.8) is 0 Å². The molecule has 3 rings (SSSR count). The summed E-state index contributed by atoms with van der Waals surface area (Å²) in [5.41, 5.74) is -0.293. The average molecular weight is 343 g/mol. The van der Waals surface area contributed by atoms with Crippen LogP contribution in [0, 0.1) is 5.41 Å². The summed E-state index contributed by atoms with van der Waals surface area (Å²) >= 11 is 0. The number of likely N-dealkylation sites (tertiary alicyclic amines) is 1. The fourth-order valence-electron chi connectivity index (χ4n) is 3.28. The second-order valence-electron chi connectivity index (χ2n) is 6.74. The van der Waals surface area contributed by atoms with Crippen LogP contribution >= 0.6 is 0 Å². The number of carbonyl (C=O) groups excluding carboxylic acids is 1. The van der Waals surface area contributed by atoms with E-state index in [1.807, 2.05) is 0 Å². The van der Waals surface area contributed by atoms with Crippen molar-refractivity contribution in [3.05, 3.63) is 35.4 Å². The van der Waals surface area contributed by atoms with Crippen molar-refractivity contribution in [3.8, 4) is 0 Å². The Morgan fingerprint density at radius 2 is 1.96 bits per heavy atom. The number of halogens is 3. The Kier molecular flexibility index (Phi) is 4.57. The number of carbonyl (C=O) groups is 1. The van der Waals surface area contributed by atoms with E-state index in [-0.39, 0.29) is 11.8 Å². The summed E-state index contributed by atoms with van der Waals surface area (Å²) in [6.07, 6.45) is -4.19. The summed E-state index contributed by atoms with van der Waals surface area (Å²) in [6.45, 7) is 2.56. The summed E-state index contributed by atoms with van der Waals surface area (Å²) in [5.74, 6) is -0.414. The molecule has 2 aliphatic heterocycles. The van der Waals surface area contributed by atoms with Crippen LogP contribution in [-0.2, 0) is 22.1 Å². The van der Waals surface area contributed by atoms with Crippen LogP contribution in [0.25, 0.3) is 0 Å². The molecule has 1 unspecified atom stereocenters. The normalized spacial score (nSPS) is 21.4. The van der Waals surface area contributed by atoms with Gasteiger partial charge in [0.15, 0.2) is 0 Å². The summed E-state index contributed by atoms with van der Waals surface area (Å²) in [5, 5.41) is 10.1. The maximum Gasteiger partial charge on any atom is 0.416 e. The molecule has 1 aromatic rings. The Bertz CT molecular complexity index is 603. The zero-order chi connectivity index (χ0) is 17.4. The first-order chi connectivity index (χ1) is 11.3. The van der Waals surface area contributed by atoms with E-state index in [1.165, 1.54) is 12.1 Å². The molecular formula is C17H20F3NO3. The third-order valence-corrected chi connectivity index (χ3v) is 4.92. The molecule has 2 aliphatic rings. The van der Waals surface area contributed by atoms with Gasteiger partial charge in [0.05, 0.1) is 18.8 Å². The molecule has 0 saturated carbocycles. The van der Waals surface area contributed by atoms with E-state index in [0.29, 0.717) is 18.7 Å². The fraction of sp³-hybridized carbons (Fsp3) is 0.588. The van der Waals surface area contributed by atoms with Crippen LogP contribution in [0.4, 0.5) is 13.2 Å². The summed E-state index contributed by atoms with van der Waals surface area (Å²) in [4.78, 5) is 13.9. The second kappa shape index (κ2) is 6.37. The Morgan fingerprint density at radius 1 is 1.29 bits per heavy atom. The molecule has 0 aliphatic carbocycles. The summed E-state index contributed by atoms with van der Waals surface area (Å²) in [6, 6.07) is 4.73. The standard InChI is InChI=1S/C17H20F3NO3/c18-17(19,20)13-3-1-2-12(8-13)9-14(22)15(23)21-6-4-16(5-7-21)10-24-11-16/h1-3,8,14,22H,4-7,9-11H2. The topological polar surface area (TPSA) is 49.8 Å². The largest absolute Gasteiger partial charge is 0.416 e. The molecule has 2 fully saturated rings. The number of nitrogens with zero attached hydrogens (tertiary/aromatic N) is 1. The number of piperidine rings is 1. The third-order valence-electron chi connectivity index (χ3n) is 4.92. The molecule has 132 valence electrons. The van der Waals surface area contributed by atoms with Crippen molar-refractivity contribution in [1.82, 2.24) is 4.90 Å². The van der Waals surface area contributed by atoms with E-state index >= 15 is 0 Å². The van der Waals surface area contributed by atoms with E-state index in [9.17, 15) is 23.1 Å². The van der Waals surface area contributed by atoms with E-state index in [2.05, 4.69) is 0 Å². The SMILES string of the molecule is O=C(C(O)Cc1cccc(C(F)(F)F)c1)N1CCC2(CC1)COC2. The van der Waals surface area contributed by atoms with Crippen LogP contribution in [0.3, 0.4) is 0 Å². The van der Waals surface area contributed by atoms with Gasteiger partial charge in [-0.2, -0.15) is 13.2 Å². The van der Waals surface area contributed by atoms with Gasteiger partial charge in [-0.15, -0.1) is 0 Å². The molecule has 4 nitrogen and oxygen atoms in total. The molecule has 7 heteroatoms. The van der Waals surface area contributed by atoms with Crippen molar-refractivity contribution in [1.29, 1.82) is 0 Å². The lowest BCUT2D eigenvalue weighted by Gasteiger charge is -2.47. The van der Waals surface area contributed by atoms with Crippen LogP contribution in [0.1, 0.15) is 24.0 Å². The molecule has 1 atom stereocenters. The van der Waals surface area contributed by atoms with Crippen molar-refractivity contribution in [2.24, 2.45) is 5.41 Å². The van der Waals surface area contributed by atoms with Gasteiger partial charge in [-0.1, -0.05) is 18.2 Å². The first-order valence-corrected chi connectivity index (χ1v) is 8.00. The number of amides is 1. The lowest BCUT2D eigenvalue weighted by molar-refractivity contribution is -0.158. The molecule has 2 heterocycles. The minimum absolute atomic E-state index is 0.118. The minimum atomic E-state index is -4.43. The molecule has 0 aromatic heterocycles. The predicted octanol–water partition coefficient (Wildman–Crippen LogP) is 2.25. The van der Waals surface area contributed by atoms with Gasteiger partial charge >= 0.3 is 6.18 Å². The maximum atomic E-state index is 12.7. The van der Waals surface area contributed by atoms with Gasteiger partial charge in [-0.3, -0.25) is 4.79 Å². The molecule has 0 bridgehead atoms. The van der Waals surface area contributed by atoms with Crippen LogP contribution in [0.5, 0.6) is 0 Å². The first kappa shape index (κ1) is 17.2. The van der Waals surface area contributed by atoms with Gasteiger partial charge in [0.2, 0.25) is 0 Å². The lowest BCUT2D eigenvalue weighted by atomic mass is 9.77. The van der Waals surface area contributed by atoms with E-state index < -0.39 is 23.8 Å². The number of alkyl halides is 3. The number of aliphatic hydroxyl groups is 1. The quantitative estimate of drug-likeness (QED) is 0.916. The van der Waals surface area contributed by atoms with Crippen LogP contribution in [-0.4, -0.2) is 48.3 Å². The van der Waals surface area contributed by atoms with Crippen LogP contribution < -0.4 is 0 Å². The minimum Gasteiger partial charge on any atom is -0.383 e. The maximum absolute atomic E-state index is 12.7. The number of ether oxygens (including phenoxy) is 1.